The number of alkyl halides is 2. The highest BCUT2D eigenvalue weighted by Gasteiger charge is 2.68. The molecular weight excluding hydrogens is 803 g/mol. The molecule has 5 aliphatic rings. The summed E-state index contributed by atoms with van der Waals surface area (Å²) in [6, 6.07) is 2.73. The Morgan fingerprint density at radius 3 is 2.42 bits per heavy atom. The Balaban J connectivity index is 1.28. The van der Waals surface area contributed by atoms with Crippen molar-refractivity contribution in [1.29, 1.82) is 0 Å². The number of aromatic nitrogens is 2. The second-order valence-electron chi connectivity index (χ2n) is 18.7. The van der Waals surface area contributed by atoms with Crippen LogP contribution in [0, 0.1) is 23.2 Å². The van der Waals surface area contributed by atoms with Crippen molar-refractivity contribution < 1.29 is 50.6 Å². The monoisotopic (exact) mass is 860 g/mol. The Labute approximate surface area is 349 Å². The number of alkyl carbamates (subject to hydrolysis) is 1. The van der Waals surface area contributed by atoms with Gasteiger partial charge in [0, 0.05) is 12.0 Å². The average Bonchev–Trinajstić information content (AvgIpc) is 4.03. The van der Waals surface area contributed by atoms with Crippen molar-refractivity contribution in [2.45, 2.75) is 153 Å². The summed E-state index contributed by atoms with van der Waals surface area (Å²) in [5.74, 6) is -4.35. The number of nitrogens with one attached hydrogen (secondary N) is 3. The van der Waals surface area contributed by atoms with E-state index < -0.39 is 92.4 Å². The maximum Gasteiger partial charge on any atom is 0.408 e. The van der Waals surface area contributed by atoms with Gasteiger partial charge in [-0.2, -0.15) is 0 Å². The molecule has 3 saturated carbocycles. The van der Waals surface area contributed by atoms with Crippen LogP contribution >= 0.6 is 0 Å². The quantitative estimate of drug-likeness (QED) is 0.316. The number of benzene rings is 1. The lowest BCUT2D eigenvalue weighted by molar-refractivity contribution is -0.144. The summed E-state index contributed by atoms with van der Waals surface area (Å²) >= 11 is 0. The summed E-state index contributed by atoms with van der Waals surface area (Å²) in [6.45, 7) is 8.36. The first kappa shape index (κ1) is 43.7. The van der Waals surface area contributed by atoms with Gasteiger partial charge in [-0.05, 0) is 94.6 Å². The van der Waals surface area contributed by atoms with E-state index in [4.69, 9.17) is 24.2 Å². The Hall–Kier alpha value is -4.35. The molecule has 2 aromatic rings. The zero-order valence-corrected chi connectivity index (χ0v) is 36.0. The number of halogens is 2. The zero-order chi connectivity index (χ0) is 43.4. The van der Waals surface area contributed by atoms with Crippen molar-refractivity contribution in [3.63, 3.8) is 0 Å². The first-order valence-corrected chi connectivity index (χ1v) is 22.7. The van der Waals surface area contributed by atoms with Gasteiger partial charge >= 0.3 is 6.09 Å². The van der Waals surface area contributed by atoms with Crippen LogP contribution in [0.4, 0.5) is 13.6 Å². The molecule has 18 heteroatoms. The standard InChI is InChI=1S/C42H58F2N6O9S/c1-7-25-31-22-50(32(25)35(51)48-42(21-26(42)34(43)44)38(53)49-60(55,56)41(5)18-19-41)37(52)33(40(2,3)4)47-39(54)59-30-15-11-13-23(30)12-9-8-10-14-28-36(58-31)46-29-20-24(57-6)16-17-27(29)45-28/h16-17,20,23,25-26,30-34H,7-15,18-19,21-22H2,1-6H3,(H,47,54)(H,48,51)(H,49,53)/t23-,25?,26+,30-,31+,32+,33-,42-/m1/s1. The molecule has 1 unspecified atom stereocenters. The minimum Gasteiger partial charge on any atom is -0.497 e. The van der Waals surface area contributed by atoms with Crippen LogP contribution in [-0.2, 0) is 35.6 Å². The maximum absolute atomic E-state index is 15.0. The molecule has 8 atom stereocenters. The number of ether oxygens (including phenoxy) is 3. The minimum atomic E-state index is -4.25. The third-order valence-electron chi connectivity index (χ3n) is 13.4. The minimum absolute atomic E-state index is 0.164. The number of fused-ring (bicyclic) bond motifs is 5. The molecule has 1 aromatic heterocycles. The van der Waals surface area contributed by atoms with Crippen LogP contribution in [0.1, 0.15) is 111 Å². The normalized spacial score (nSPS) is 30.8. The Morgan fingerprint density at radius 2 is 1.77 bits per heavy atom. The van der Waals surface area contributed by atoms with E-state index in [1.165, 1.54) is 11.8 Å². The third kappa shape index (κ3) is 8.58. The molecule has 2 bridgehead atoms. The van der Waals surface area contributed by atoms with Gasteiger partial charge in [-0.1, -0.05) is 40.5 Å². The van der Waals surface area contributed by atoms with Crippen molar-refractivity contribution in [2.24, 2.45) is 23.2 Å². The van der Waals surface area contributed by atoms with Crippen molar-refractivity contribution in [1.82, 2.24) is 30.2 Å². The van der Waals surface area contributed by atoms with Gasteiger partial charge in [-0.3, -0.25) is 19.1 Å². The van der Waals surface area contributed by atoms with E-state index in [0.717, 1.165) is 38.5 Å². The van der Waals surface area contributed by atoms with Gasteiger partial charge in [-0.25, -0.2) is 32.0 Å². The van der Waals surface area contributed by atoms with Gasteiger partial charge in [0.25, 0.3) is 5.91 Å². The summed E-state index contributed by atoms with van der Waals surface area (Å²) in [7, 11) is -2.71. The highest BCUT2D eigenvalue weighted by Crippen LogP contribution is 2.50. The van der Waals surface area contributed by atoms with E-state index in [9.17, 15) is 36.4 Å². The van der Waals surface area contributed by atoms with Crippen molar-refractivity contribution in [2.75, 3.05) is 13.7 Å². The van der Waals surface area contributed by atoms with Gasteiger partial charge < -0.3 is 29.7 Å². The van der Waals surface area contributed by atoms with E-state index in [-0.39, 0.29) is 30.9 Å². The summed E-state index contributed by atoms with van der Waals surface area (Å²) in [5, 5.41) is 5.33. The number of amides is 4. The van der Waals surface area contributed by atoms with Crippen LogP contribution in [0.5, 0.6) is 11.6 Å². The molecule has 0 spiro atoms. The second-order valence-corrected chi connectivity index (χ2v) is 20.9. The van der Waals surface area contributed by atoms with E-state index in [2.05, 4.69) is 10.6 Å². The molecule has 2 aliphatic heterocycles. The lowest BCUT2D eigenvalue weighted by atomic mass is 9.85. The molecule has 3 heterocycles. The molecule has 330 valence electrons. The van der Waals surface area contributed by atoms with Crippen LogP contribution in [0.2, 0.25) is 0 Å². The van der Waals surface area contributed by atoms with Crippen LogP contribution in [0.25, 0.3) is 11.0 Å². The molecule has 0 radical (unpaired) electrons. The summed E-state index contributed by atoms with van der Waals surface area (Å²) < 4.78 is 73.9. The number of rotatable bonds is 8. The molecule has 1 aromatic carbocycles. The fourth-order valence-electron chi connectivity index (χ4n) is 9.23. The number of carbonyl (C=O) groups excluding carboxylic acids is 4. The molecule has 4 fully saturated rings. The van der Waals surface area contributed by atoms with E-state index in [1.54, 1.807) is 46.9 Å². The van der Waals surface area contributed by atoms with Gasteiger partial charge in [0.1, 0.15) is 41.3 Å². The smallest absolute Gasteiger partial charge is 0.408 e. The van der Waals surface area contributed by atoms with Gasteiger partial charge in [0.15, 0.2) is 0 Å². The fraction of sp³-hybridized carbons (Fsp3) is 0.714. The number of carbonyl (C=O) groups is 4. The molecule has 7 rings (SSSR count). The fourth-order valence-corrected chi connectivity index (χ4v) is 10.5. The van der Waals surface area contributed by atoms with Crippen molar-refractivity contribution in [3.05, 3.63) is 23.9 Å². The lowest BCUT2D eigenvalue weighted by Crippen LogP contribution is -2.61. The molecule has 1 saturated heterocycles. The highest BCUT2D eigenvalue weighted by molar-refractivity contribution is 7.91. The molecule has 15 nitrogen and oxygen atoms in total. The second kappa shape index (κ2) is 16.5. The van der Waals surface area contributed by atoms with Crippen LogP contribution < -0.4 is 24.8 Å². The van der Waals surface area contributed by atoms with Gasteiger partial charge in [0.2, 0.25) is 34.1 Å². The predicted octanol–water partition coefficient (Wildman–Crippen LogP) is 5.19. The first-order chi connectivity index (χ1) is 28.3. The van der Waals surface area contributed by atoms with Crippen LogP contribution in [-0.4, -0.2) is 102 Å². The number of hydrogen-bond donors (Lipinski definition) is 3. The number of aryl methyl sites for hydroxylation is 1. The van der Waals surface area contributed by atoms with E-state index >= 15 is 0 Å². The average molecular weight is 861 g/mol. The van der Waals surface area contributed by atoms with Crippen LogP contribution in [0.3, 0.4) is 0 Å². The largest absolute Gasteiger partial charge is 0.497 e. The SMILES string of the molecule is CCC1[C@@H]2CN(C(=O)[C@H](C(C)(C)C)NC(=O)O[C@@H]3CCC[C@H]3CCCCCc3nc4ccc(OC)cc4nc3O2)[C@@H]1C(=O)N[C@]1(C(=O)NS(=O)(=O)C2(C)CC2)C[C@H]1C(F)F. The van der Waals surface area contributed by atoms with Crippen molar-refractivity contribution in [3.8, 4) is 11.6 Å². The molecule has 3 aliphatic carbocycles. The Morgan fingerprint density at radius 1 is 1.03 bits per heavy atom. The predicted molar refractivity (Wildman–Crippen MR) is 216 cm³/mol. The molecule has 60 heavy (non-hydrogen) atoms. The number of hydrogen-bond acceptors (Lipinski definition) is 11. The van der Waals surface area contributed by atoms with Crippen LogP contribution in [0.15, 0.2) is 18.2 Å². The molecule has 3 N–H and O–H groups in total. The topological polar surface area (TPSA) is 195 Å². The maximum atomic E-state index is 15.0. The number of methoxy groups -OCH3 is 1. The number of sulfonamides is 1. The Bertz CT molecular complexity index is 2110. The highest BCUT2D eigenvalue weighted by atomic mass is 32.2. The molecular formula is C42H58F2N6O9S. The van der Waals surface area contributed by atoms with Gasteiger partial charge in [0.05, 0.1) is 35.4 Å². The van der Waals surface area contributed by atoms with E-state index in [1.807, 2.05) is 10.8 Å². The zero-order valence-electron chi connectivity index (χ0n) is 35.2. The van der Waals surface area contributed by atoms with E-state index in [0.29, 0.717) is 48.2 Å². The summed E-state index contributed by atoms with van der Waals surface area (Å²) in [6.07, 6.45) is 1.77. The van der Waals surface area contributed by atoms with Crippen molar-refractivity contribution >= 4 is 44.9 Å². The van der Waals surface area contributed by atoms with Gasteiger partial charge in [-0.15, -0.1) is 0 Å². The first-order valence-electron chi connectivity index (χ1n) is 21.3. The summed E-state index contributed by atoms with van der Waals surface area (Å²) in [5.41, 5.74) is -1.44. The lowest BCUT2D eigenvalue weighted by Gasteiger charge is -2.36. The third-order valence-corrected chi connectivity index (χ3v) is 15.6. The summed E-state index contributed by atoms with van der Waals surface area (Å²) in [4.78, 5) is 68.2. The number of nitrogens with zero attached hydrogens (tertiary/aromatic N) is 3. The molecule has 4 amide bonds. The Kier molecular flexibility index (Phi) is 12.0.